The van der Waals surface area contributed by atoms with E-state index in [-0.39, 0.29) is 0 Å². The Morgan fingerprint density at radius 3 is 2.65 bits per heavy atom. The van der Waals surface area contributed by atoms with E-state index in [1.165, 1.54) is 7.11 Å². The number of aliphatic hydroxyl groups is 1. The van der Waals surface area contributed by atoms with Crippen molar-refractivity contribution in [2.75, 3.05) is 7.11 Å². The highest BCUT2D eigenvalue weighted by Crippen LogP contribution is 2.27. The van der Waals surface area contributed by atoms with Gasteiger partial charge in [-0.05, 0) is 19.4 Å². The number of ether oxygens (including phenoxy) is 2. The zero-order valence-electron chi connectivity index (χ0n) is 10.3. The van der Waals surface area contributed by atoms with Crippen molar-refractivity contribution >= 4 is 5.97 Å². The van der Waals surface area contributed by atoms with Gasteiger partial charge in [-0.1, -0.05) is 25.1 Å². The standard InChI is InChI=1S/C13H18O4/c1-4-11(14)10-7-5-6-8-12(10)17-9(2)13(15)16-3/h5-9,11,14H,4H2,1-3H3/t9?,11-/m0/s1. The van der Waals surface area contributed by atoms with Gasteiger partial charge in [-0.3, -0.25) is 0 Å². The van der Waals surface area contributed by atoms with Crippen LogP contribution < -0.4 is 4.74 Å². The molecule has 1 unspecified atom stereocenters. The lowest BCUT2D eigenvalue weighted by atomic mass is 10.1. The molecule has 1 rings (SSSR count). The molecular weight excluding hydrogens is 220 g/mol. The molecule has 1 N–H and O–H groups in total. The van der Waals surface area contributed by atoms with E-state index in [0.29, 0.717) is 17.7 Å². The Morgan fingerprint density at radius 1 is 1.41 bits per heavy atom. The third-order valence-electron chi connectivity index (χ3n) is 2.50. The summed E-state index contributed by atoms with van der Waals surface area (Å²) in [5, 5.41) is 9.82. The zero-order chi connectivity index (χ0) is 12.8. The fourth-order valence-corrected chi connectivity index (χ4v) is 1.49. The fraction of sp³-hybridized carbons (Fsp3) is 0.462. The highest BCUT2D eigenvalue weighted by molar-refractivity contribution is 5.74. The number of aliphatic hydroxyl groups excluding tert-OH is 1. The van der Waals surface area contributed by atoms with Crippen LogP contribution in [0.15, 0.2) is 24.3 Å². The smallest absolute Gasteiger partial charge is 0.346 e. The van der Waals surface area contributed by atoms with Crippen LogP contribution in [0.4, 0.5) is 0 Å². The molecule has 0 saturated carbocycles. The molecular formula is C13H18O4. The summed E-state index contributed by atoms with van der Waals surface area (Å²) < 4.78 is 10.1. The second-order valence-electron chi connectivity index (χ2n) is 3.75. The molecule has 0 fully saturated rings. The molecule has 4 heteroatoms. The van der Waals surface area contributed by atoms with E-state index in [2.05, 4.69) is 4.74 Å². The number of para-hydroxylation sites is 1. The van der Waals surface area contributed by atoms with Gasteiger partial charge in [0.1, 0.15) is 5.75 Å². The van der Waals surface area contributed by atoms with E-state index in [4.69, 9.17) is 4.74 Å². The molecule has 0 spiro atoms. The highest BCUT2D eigenvalue weighted by atomic mass is 16.6. The number of hydrogen-bond acceptors (Lipinski definition) is 4. The van der Waals surface area contributed by atoms with Gasteiger partial charge in [-0.25, -0.2) is 4.79 Å². The molecule has 0 aliphatic carbocycles. The van der Waals surface area contributed by atoms with E-state index >= 15 is 0 Å². The summed E-state index contributed by atoms with van der Waals surface area (Å²) in [4.78, 5) is 11.3. The van der Waals surface area contributed by atoms with Crippen molar-refractivity contribution in [2.24, 2.45) is 0 Å². The first-order valence-electron chi connectivity index (χ1n) is 5.61. The number of carbonyl (C=O) groups is 1. The first-order valence-corrected chi connectivity index (χ1v) is 5.61. The normalized spacial score (nSPS) is 13.9. The second kappa shape index (κ2) is 6.25. The Morgan fingerprint density at radius 2 is 2.06 bits per heavy atom. The Balaban J connectivity index is 2.87. The summed E-state index contributed by atoms with van der Waals surface area (Å²) in [6.45, 7) is 3.49. The monoisotopic (exact) mass is 238 g/mol. The average Bonchev–Trinajstić information content (AvgIpc) is 2.37. The van der Waals surface area contributed by atoms with Gasteiger partial charge in [-0.2, -0.15) is 0 Å². The molecule has 0 radical (unpaired) electrons. The number of hydrogen-bond donors (Lipinski definition) is 1. The number of methoxy groups -OCH3 is 1. The summed E-state index contributed by atoms with van der Waals surface area (Å²) in [6, 6.07) is 7.14. The maximum atomic E-state index is 11.3. The molecule has 1 aromatic carbocycles. The molecule has 17 heavy (non-hydrogen) atoms. The molecule has 0 amide bonds. The minimum Gasteiger partial charge on any atom is -0.479 e. The van der Waals surface area contributed by atoms with Crippen molar-refractivity contribution in [3.05, 3.63) is 29.8 Å². The van der Waals surface area contributed by atoms with Crippen molar-refractivity contribution in [1.29, 1.82) is 0 Å². The van der Waals surface area contributed by atoms with Crippen LogP contribution >= 0.6 is 0 Å². The largest absolute Gasteiger partial charge is 0.479 e. The number of rotatable bonds is 5. The molecule has 2 atom stereocenters. The van der Waals surface area contributed by atoms with E-state index in [1.807, 2.05) is 13.0 Å². The van der Waals surface area contributed by atoms with Crippen molar-refractivity contribution in [1.82, 2.24) is 0 Å². The molecule has 0 heterocycles. The summed E-state index contributed by atoms with van der Waals surface area (Å²) in [5.74, 6) is 0.0746. The maximum Gasteiger partial charge on any atom is 0.346 e. The number of carbonyl (C=O) groups excluding carboxylic acids is 1. The van der Waals surface area contributed by atoms with Crippen LogP contribution in [0.3, 0.4) is 0 Å². The molecule has 1 aromatic rings. The van der Waals surface area contributed by atoms with Gasteiger partial charge in [-0.15, -0.1) is 0 Å². The van der Waals surface area contributed by atoms with Crippen LogP contribution in [0.5, 0.6) is 5.75 Å². The second-order valence-corrected chi connectivity index (χ2v) is 3.75. The minimum absolute atomic E-state index is 0.439. The minimum atomic E-state index is -0.690. The van der Waals surface area contributed by atoms with Crippen molar-refractivity contribution in [3.63, 3.8) is 0 Å². The molecule has 0 aromatic heterocycles. The maximum absolute atomic E-state index is 11.3. The molecule has 0 bridgehead atoms. The van der Waals surface area contributed by atoms with Crippen LogP contribution in [0, 0.1) is 0 Å². The molecule has 0 aliphatic rings. The van der Waals surface area contributed by atoms with Crippen LogP contribution in [0.2, 0.25) is 0 Å². The Bertz CT molecular complexity index is 375. The number of benzene rings is 1. The molecule has 0 saturated heterocycles. The predicted octanol–water partition coefficient (Wildman–Crippen LogP) is 2.07. The van der Waals surface area contributed by atoms with Gasteiger partial charge in [0.05, 0.1) is 13.2 Å². The van der Waals surface area contributed by atoms with Gasteiger partial charge in [0, 0.05) is 5.56 Å². The quantitative estimate of drug-likeness (QED) is 0.798. The van der Waals surface area contributed by atoms with Crippen LogP contribution in [0.25, 0.3) is 0 Å². The van der Waals surface area contributed by atoms with Gasteiger partial charge < -0.3 is 14.6 Å². The molecule has 0 aliphatic heterocycles. The van der Waals surface area contributed by atoms with Gasteiger partial charge in [0.15, 0.2) is 6.10 Å². The van der Waals surface area contributed by atoms with Crippen LogP contribution in [-0.4, -0.2) is 24.3 Å². The molecule has 94 valence electrons. The Hall–Kier alpha value is -1.55. The summed E-state index contributed by atoms with van der Waals surface area (Å²) >= 11 is 0. The van der Waals surface area contributed by atoms with E-state index in [1.54, 1.807) is 25.1 Å². The summed E-state index contributed by atoms with van der Waals surface area (Å²) in [6.07, 6.45) is -0.686. The van der Waals surface area contributed by atoms with Gasteiger partial charge >= 0.3 is 5.97 Å². The Labute approximate surface area is 101 Å². The van der Waals surface area contributed by atoms with E-state index in [0.717, 1.165) is 0 Å². The first kappa shape index (κ1) is 13.5. The average molecular weight is 238 g/mol. The van der Waals surface area contributed by atoms with Crippen molar-refractivity contribution < 1.29 is 19.4 Å². The third kappa shape index (κ3) is 3.46. The lowest BCUT2D eigenvalue weighted by Gasteiger charge is -2.17. The van der Waals surface area contributed by atoms with Crippen LogP contribution in [0.1, 0.15) is 31.9 Å². The summed E-state index contributed by atoms with van der Waals surface area (Å²) in [7, 11) is 1.31. The third-order valence-corrected chi connectivity index (χ3v) is 2.50. The van der Waals surface area contributed by atoms with Gasteiger partial charge in [0.2, 0.25) is 0 Å². The Kier molecular flexibility index (Phi) is 4.97. The van der Waals surface area contributed by atoms with Crippen LogP contribution in [-0.2, 0) is 9.53 Å². The topological polar surface area (TPSA) is 55.8 Å². The lowest BCUT2D eigenvalue weighted by Crippen LogP contribution is -2.25. The number of esters is 1. The summed E-state index contributed by atoms with van der Waals surface area (Å²) in [5.41, 5.74) is 0.686. The zero-order valence-corrected chi connectivity index (χ0v) is 10.3. The lowest BCUT2D eigenvalue weighted by molar-refractivity contribution is -0.148. The van der Waals surface area contributed by atoms with Gasteiger partial charge in [0.25, 0.3) is 0 Å². The highest BCUT2D eigenvalue weighted by Gasteiger charge is 2.18. The SMILES string of the molecule is CC[C@H](O)c1ccccc1OC(C)C(=O)OC. The predicted molar refractivity (Wildman–Crippen MR) is 63.8 cm³/mol. The fourth-order valence-electron chi connectivity index (χ4n) is 1.49. The molecule has 4 nitrogen and oxygen atoms in total. The van der Waals surface area contributed by atoms with E-state index in [9.17, 15) is 9.90 Å². The first-order chi connectivity index (χ1) is 8.10. The van der Waals surface area contributed by atoms with E-state index < -0.39 is 18.2 Å². The van der Waals surface area contributed by atoms with Crippen molar-refractivity contribution in [3.8, 4) is 5.75 Å². The van der Waals surface area contributed by atoms with Crippen molar-refractivity contribution in [2.45, 2.75) is 32.5 Å².